The number of nitrogens with zero attached hydrogens (tertiary/aromatic N) is 3. The summed E-state index contributed by atoms with van der Waals surface area (Å²) in [5.41, 5.74) is -1.54. The number of thiophene rings is 1. The van der Waals surface area contributed by atoms with Crippen LogP contribution < -0.4 is 5.32 Å². The fraction of sp³-hybridized carbons (Fsp3) is 0.381. The summed E-state index contributed by atoms with van der Waals surface area (Å²) in [4.78, 5) is 17.2. The molecule has 0 amide bonds. The number of hydrogen-bond acceptors (Lipinski definition) is 7. The average Bonchev–Trinajstić information content (AvgIpc) is 3.36. The lowest BCUT2D eigenvalue weighted by atomic mass is 9.93. The Hall–Kier alpha value is -2.85. The molecule has 0 radical (unpaired) electrons. The Balaban J connectivity index is 1.92. The molecule has 2 heterocycles. The second-order valence-electron chi connectivity index (χ2n) is 7.03. The number of rotatable bonds is 10. The largest absolute Gasteiger partial charge is 0.462 e. The van der Waals surface area contributed by atoms with Crippen LogP contribution in [0.3, 0.4) is 0 Å². The SMILES string of the molecule is CCCc1cc(C(=O)OCC)c(NCC(O)(Cn2cncn2)c2ccc(F)cc2F)s1. The number of ether oxygens (including phenoxy) is 1. The number of esters is 1. The lowest BCUT2D eigenvalue weighted by Crippen LogP contribution is -2.39. The van der Waals surface area contributed by atoms with Crippen LogP contribution in [0.2, 0.25) is 0 Å². The number of aliphatic hydroxyl groups is 1. The first-order valence-electron chi connectivity index (χ1n) is 9.90. The van der Waals surface area contributed by atoms with Gasteiger partial charge in [-0.15, -0.1) is 11.3 Å². The molecule has 10 heteroatoms. The highest BCUT2D eigenvalue weighted by Gasteiger charge is 2.34. The molecule has 0 bridgehead atoms. The summed E-state index contributed by atoms with van der Waals surface area (Å²) in [6, 6.07) is 4.77. The van der Waals surface area contributed by atoms with E-state index < -0.39 is 23.2 Å². The third kappa shape index (κ3) is 5.45. The van der Waals surface area contributed by atoms with Crippen molar-refractivity contribution in [2.75, 3.05) is 18.5 Å². The minimum absolute atomic E-state index is 0.0973. The number of carbonyl (C=O) groups excluding carboxylic acids is 1. The summed E-state index contributed by atoms with van der Waals surface area (Å²) in [5, 5.41) is 19.0. The first-order chi connectivity index (χ1) is 14.9. The number of hydrogen-bond donors (Lipinski definition) is 2. The predicted octanol–water partition coefficient (Wildman–Crippen LogP) is 3.75. The molecule has 166 valence electrons. The standard InChI is InChI=1S/C21H24F2N4O3S/c1-3-5-15-9-16(20(28)30-4-2)19(31-15)25-10-21(29,11-27-13-24-12-26-27)17-7-6-14(22)8-18(17)23/h6-9,12-13,25,29H,3-5,10-11H2,1-2H3. The highest BCUT2D eigenvalue weighted by atomic mass is 32.1. The van der Waals surface area contributed by atoms with Crippen molar-refractivity contribution in [2.45, 2.75) is 38.8 Å². The van der Waals surface area contributed by atoms with E-state index in [2.05, 4.69) is 15.4 Å². The summed E-state index contributed by atoms with van der Waals surface area (Å²) in [7, 11) is 0. The van der Waals surface area contributed by atoms with Crippen molar-refractivity contribution < 1.29 is 23.4 Å². The molecule has 2 N–H and O–H groups in total. The van der Waals surface area contributed by atoms with E-state index in [9.17, 15) is 18.7 Å². The number of benzene rings is 1. The van der Waals surface area contributed by atoms with Crippen molar-refractivity contribution in [3.63, 3.8) is 0 Å². The molecule has 1 aromatic carbocycles. The second kappa shape index (κ2) is 9.97. The van der Waals surface area contributed by atoms with Gasteiger partial charge >= 0.3 is 5.97 Å². The molecule has 0 aliphatic carbocycles. The van der Waals surface area contributed by atoms with Gasteiger partial charge in [0, 0.05) is 16.5 Å². The maximum atomic E-state index is 14.6. The van der Waals surface area contributed by atoms with Crippen molar-refractivity contribution >= 4 is 22.3 Å². The number of anilines is 1. The summed E-state index contributed by atoms with van der Waals surface area (Å²) in [6.07, 6.45) is 4.37. The van der Waals surface area contributed by atoms with E-state index in [-0.39, 0.29) is 25.3 Å². The van der Waals surface area contributed by atoms with Crippen LogP contribution in [0.25, 0.3) is 0 Å². The van der Waals surface area contributed by atoms with Gasteiger partial charge in [-0.05, 0) is 25.5 Å². The highest BCUT2D eigenvalue weighted by Crippen LogP contribution is 2.33. The zero-order valence-electron chi connectivity index (χ0n) is 17.3. The van der Waals surface area contributed by atoms with Gasteiger partial charge in [-0.2, -0.15) is 5.10 Å². The molecule has 31 heavy (non-hydrogen) atoms. The van der Waals surface area contributed by atoms with Crippen LogP contribution in [0.4, 0.5) is 13.8 Å². The Kier molecular flexibility index (Phi) is 7.34. The Bertz CT molecular complexity index is 1030. The summed E-state index contributed by atoms with van der Waals surface area (Å²) >= 11 is 1.38. The quantitative estimate of drug-likeness (QED) is 0.458. The van der Waals surface area contributed by atoms with Gasteiger partial charge in [-0.1, -0.05) is 19.4 Å². The van der Waals surface area contributed by atoms with Gasteiger partial charge in [0.05, 0.1) is 25.3 Å². The van der Waals surface area contributed by atoms with Crippen molar-refractivity contribution in [3.8, 4) is 0 Å². The molecule has 7 nitrogen and oxygen atoms in total. The third-order valence-electron chi connectivity index (χ3n) is 4.64. The van der Waals surface area contributed by atoms with Crippen molar-refractivity contribution in [3.05, 3.63) is 64.6 Å². The maximum Gasteiger partial charge on any atom is 0.341 e. The average molecular weight is 451 g/mol. The molecule has 1 atom stereocenters. The molecular weight excluding hydrogens is 426 g/mol. The van der Waals surface area contributed by atoms with Gasteiger partial charge in [0.2, 0.25) is 0 Å². The van der Waals surface area contributed by atoms with E-state index >= 15 is 0 Å². The normalized spacial score (nSPS) is 13.1. The fourth-order valence-electron chi connectivity index (χ4n) is 3.22. The van der Waals surface area contributed by atoms with Crippen LogP contribution in [0.5, 0.6) is 0 Å². The molecule has 0 aliphatic heterocycles. The summed E-state index contributed by atoms with van der Waals surface area (Å²) < 4.78 is 34.5. The number of aryl methyl sites for hydroxylation is 1. The molecule has 1 unspecified atom stereocenters. The van der Waals surface area contributed by atoms with E-state index in [0.29, 0.717) is 10.6 Å². The Morgan fingerprint density at radius 1 is 1.32 bits per heavy atom. The van der Waals surface area contributed by atoms with Crippen LogP contribution in [-0.2, 0) is 23.3 Å². The molecular formula is C21H24F2N4O3S. The molecule has 3 rings (SSSR count). The van der Waals surface area contributed by atoms with Crippen LogP contribution in [0, 0.1) is 11.6 Å². The smallest absolute Gasteiger partial charge is 0.341 e. The monoisotopic (exact) mass is 450 g/mol. The van der Waals surface area contributed by atoms with Gasteiger partial charge < -0.3 is 15.2 Å². The predicted molar refractivity (Wildman–Crippen MR) is 113 cm³/mol. The van der Waals surface area contributed by atoms with Crippen LogP contribution in [-0.4, -0.2) is 39.0 Å². The maximum absolute atomic E-state index is 14.6. The number of aromatic nitrogens is 3. The molecule has 0 fully saturated rings. The van der Waals surface area contributed by atoms with Crippen LogP contribution >= 0.6 is 11.3 Å². The molecule has 0 aliphatic rings. The third-order valence-corrected chi connectivity index (χ3v) is 5.79. The fourth-order valence-corrected chi connectivity index (χ4v) is 4.36. The zero-order chi connectivity index (χ0) is 22.4. The zero-order valence-corrected chi connectivity index (χ0v) is 18.1. The molecule has 0 saturated heterocycles. The van der Waals surface area contributed by atoms with E-state index in [0.717, 1.165) is 29.9 Å². The molecule has 2 aromatic heterocycles. The van der Waals surface area contributed by atoms with Crippen LogP contribution in [0.1, 0.15) is 41.1 Å². The van der Waals surface area contributed by atoms with E-state index in [1.807, 2.05) is 6.92 Å². The molecule has 3 aromatic rings. The topological polar surface area (TPSA) is 89.3 Å². The highest BCUT2D eigenvalue weighted by molar-refractivity contribution is 7.16. The van der Waals surface area contributed by atoms with Gasteiger partial charge in [0.15, 0.2) is 0 Å². The first kappa shape index (κ1) is 22.8. The lowest BCUT2D eigenvalue weighted by molar-refractivity contribution is 0.0246. The molecule has 0 spiro atoms. The Morgan fingerprint density at radius 3 is 2.77 bits per heavy atom. The van der Waals surface area contributed by atoms with Crippen molar-refractivity contribution in [2.24, 2.45) is 0 Å². The van der Waals surface area contributed by atoms with Gasteiger partial charge in [-0.25, -0.2) is 23.2 Å². The van der Waals surface area contributed by atoms with Crippen molar-refractivity contribution in [1.82, 2.24) is 14.8 Å². The minimum atomic E-state index is -1.80. The Morgan fingerprint density at radius 2 is 2.13 bits per heavy atom. The van der Waals surface area contributed by atoms with Gasteiger partial charge in [0.25, 0.3) is 0 Å². The van der Waals surface area contributed by atoms with Gasteiger partial charge in [-0.3, -0.25) is 0 Å². The number of nitrogens with one attached hydrogen (secondary N) is 1. The lowest BCUT2D eigenvalue weighted by Gasteiger charge is -2.29. The summed E-state index contributed by atoms with van der Waals surface area (Å²) in [5.74, 6) is -2.10. The first-order valence-corrected chi connectivity index (χ1v) is 10.7. The minimum Gasteiger partial charge on any atom is -0.462 e. The van der Waals surface area contributed by atoms with E-state index in [1.54, 1.807) is 13.0 Å². The van der Waals surface area contributed by atoms with Crippen LogP contribution in [0.15, 0.2) is 36.9 Å². The number of carbonyl (C=O) groups is 1. The van der Waals surface area contributed by atoms with E-state index in [4.69, 9.17) is 4.74 Å². The Labute approximate surface area is 182 Å². The second-order valence-corrected chi connectivity index (χ2v) is 8.17. The van der Waals surface area contributed by atoms with Crippen molar-refractivity contribution in [1.29, 1.82) is 0 Å². The number of halogens is 2. The van der Waals surface area contributed by atoms with Gasteiger partial charge in [0.1, 0.15) is 34.9 Å². The summed E-state index contributed by atoms with van der Waals surface area (Å²) in [6.45, 7) is 3.69. The van der Waals surface area contributed by atoms with E-state index in [1.165, 1.54) is 34.7 Å². The molecule has 0 saturated carbocycles.